The lowest BCUT2D eigenvalue weighted by Crippen LogP contribution is -2.37. The lowest BCUT2D eigenvalue weighted by Gasteiger charge is -2.27. The van der Waals surface area contributed by atoms with Crippen molar-refractivity contribution in [2.75, 3.05) is 4.90 Å². The highest BCUT2D eigenvalue weighted by atomic mass is 19.1. The van der Waals surface area contributed by atoms with Crippen LogP contribution >= 0.6 is 0 Å². The third-order valence-corrected chi connectivity index (χ3v) is 5.46. The zero-order valence-electron chi connectivity index (χ0n) is 18.1. The first-order valence-corrected chi connectivity index (χ1v) is 10.1. The Bertz CT molecular complexity index is 1540. The number of aromatic amines is 1. The first kappa shape index (κ1) is 23.2. The van der Waals surface area contributed by atoms with Gasteiger partial charge in [-0.2, -0.15) is 0 Å². The molecule has 2 aromatic carbocycles. The molecule has 178 valence electrons. The van der Waals surface area contributed by atoms with Gasteiger partial charge in [0.1, 0.15) is 5.82 Å². The van der Waals surface area contributed by atoms with Crippen LogP contribution in [-0.2, 0) is 0 Å². The maximum Gasteiger partial charge on any atom is 0.360 e. The van der Waals surface area contributed by atoms with E-state index in [1.54, 1.807) is 19.2 Å². The minimum absolute atomic E-state index is 0.0308. The zero-order valence-corrected chi connectivity index (χ0v) is 18.1. The number of carboxylic acids is 2. The van der Waals surface area contributed by atoms with E-state index in [2.05, 4.69) is 9.97 Å². The van der Waals surface area contributed by atoms with E-state index in [9.17, 15) is 23.6 Å². The number of primary amides is 1. The first-order valence-electron chi connectivity index (χ1n) is 10.1. The molecule has 12 heteroatoms. The molecule has 0 aliphatic rings. The second-order valence-corrected chi connectivity index (χ2v) is 7.63. The molecule has 1 atom stereocenters. The van der Waals surface area contributed by atoms with Crippen LogP contribution in [0.15, 0.2) is 59.7 Å². The number of rotatable bonds is 6. The Morgan fingerprint density at radius 3 is 2.40 bits per heavy atom. The summed E-state index contributed by atoms with van der Waals surface area (Å²) < 4.78 is 16.3. The number of hydrogen-bond acceptors (Lipinski definition) is 5. The predicted octanol–water partition coefficient (Wildman–Crippen LogP) is 2.90. The maximum absolute atomic E-state index is 14.8. The summed E-state index contributed by atoms with van der Waals surface area (Å²) in [5.41, 5.74) is 5.04. The molecule has 11 nitrogen and oxygen atoms in total. The summed E-state index contributed by atoms with van der Waals surface area (Å²) in [6.07, 6.45) is 3.09. The Hall–Kier alpha value is -5.00. The van der Waals surface area contributed by atoms with Crippen molar-refractivity contribution in [3.63, 3.8) is 0 Å². The molecule has 0 aliphatic carbocycles. The quantitative estimate of drug-likeness (QED) is 0.329. The van der Waals surface area contributed by atoms with Crippen molar-refractivity contribution in [1.82, 2.24) is 14.5 Å². The lowest BCUT2D eigenvalue weighted by molar-refractivity contribution is 0.0681. The second kappa shape index (κ2) is 8.74. The number of H-pyrrole nitrogens is 1. The van der Waals surface area contributed by atoms with Gasteiger partial charge in [-0.05, 0) is 48.9 Å². The summed E-state index contributed by atoms with van der Waals surface area (Å²) in [4.78, 5) is 53.7. The fourth-order valence-electron chi connectivity index (χ4n) is 3.70. The number of carbonyl (C=O) groups is 3. The maximum atomic E-state index is 14.8. The van der Waals surface area contributed by atoms with Gasteiger partial charge in [-0.3, -0.25) is 9.69 Å². The standard InChI is InChI=1S/C23H18FN5O6/c1-11(29(23(25)35)14-4-2-12(3-5-14)21(31)32)13-6-7-28(10-13)18-9-17-16(8-15(18)24)27-20(30)19(26-17)22(33)34/h2-11H,1H3,(H2,25,35)(H,27,30)(H,31,32)(H,33,34). The Morgan fingerprint density at radius 1 is 1.11 bits per heavy atom. The minimum Gasteiger partial charge on any atom is -0.478 e. The third kappa shape index (κ3) is 4.31. The number of aromatic nitrogens is 3. The van der Waals surface area contributed by atoms with Crippen LogP contribution in [0.5, 0.6) is 0 Å². The Labute approximate surface area is 195 Å². The molecule has 0 aliphatic heterocycles. The fraction of sp³-hybridized carbons (Fsp3) is 0.0870. The molecule has 1 unspecified atom stereocenters. The van der Waals surface area contributed by atoms with Crippen molar-refractivity contribution in [1.29, 1.82) is 0 Å². The van der Waals surface area contributed by atoms with Crippen molar-refractivity contribution >= 4 is 34.7 Å². The van der Waals surface area contributed by atoms with Crippen LogP contribution in [0.2, 0.25) is 0 Å². The summed E-state index contributed by atoms with van der Waals surface area (Å²) in [6.45, 7) is 1.69. The van der Waals surface area contributed by atoms with E-state index in [0.29, 0.717) is 11.3 Å². The first-order chi connectivity index (χ1) is 16.6. The molecule has 0 saturated heterocycles. The Balaban J connectivity index is 1.71. The molecule has 0 saturated carbocycles. The summed E-state index contributed by atoms with van der Waals surface area (Å²) in [7, 11) is 0. The SMILES string of the molecule is CC(c1ccn(-c2cc3nc(C(=O)O)c(=O)[nH]c3cc2F)c1)N(C(N)=O)c1ccc(C(=O)O)cc1. The number of halogens is 1. The molecular weight excluding hydrogens is 461 g/mol. The summed E-state index contributed by atoms with van der Waals surface area (Å²) in [5, 5.41) is 18.2. The summed E-state index contributed by atoms with van der Waals surface area (Å²) >= 11 is 0. The molecule has 0 fully saturated rings. The van der Waals surface area contributed by atoms with E-state index in [1.165, 1.54) is 46.0 Å². The van der Waals surface area contributed by atoms with Crippen molar-refractivity contribution < 1.29 is 29.0 Å². The number of fused-ring (bicyclic) bond motifs is 1. The third-order valence-electron chi connectivity index (χ3n) is 5.46. The fourth-order valence-corrected chi connectivity index (χ4v) is 3.70. The van der Waals surface area contributed by atoms with E-state index < -0.39 is 41.1 Å². The summed E-state index contributed by atoms with van der Waals surface area (Å²) in [6, 6.07) is 8.18. The van der Waals surface area contributed by atoms with Gasteiger partial charge in [-0.15, -0.1) is 0 Å². The van der Waals surface area contributed by atoms with Crippen LogP contribution in [0.3, 0.4) is 0 Å². The molecule has 2 heterocycles. The van der Waals surface area contributed by atoms with Crippen molar-refractivity contribution in [3.05, 3.63) is 87.9 Å². The molecule has 4 rings (SSSR count). The highest BCUT2D eigenvalue weighted by Crippen LogP contribution is 2.29. The number of nitrogens with two attached hydrogens (primary N) is 1. The van der Waals surface area contributed by atoms with Crippen molar-refractivity contribution in [2.24, 2.45) is 5.73 Å². The highest BCUT2D eigenvalue weighted by molar-refractivity contribution is 5.93. The minimum atomic E-state index is -1.51. The lowest BCUT2D eigenvalue weighted by atomic mass is 10.1. The monoisotopic (exact) mass is 479 g/mol. The zero-order chi connectivity index (χ0) is 25.4. The molecule has 2 amide bonds. The van der Waals surface area contributed by atoms with Crippen LogP contribution in [0.25, 0.3) is 16.7 Å². The van der Waals surface area contributed by atoms with E-state index in [0.717, 1.165) is 6.07 Å². The number of aromatic carboxylic acids is 2. The predicted molar refractivity (Wildman–Crippen MR) is 122 cm³/mol. The van der Waals surface area contributed by atoms with Gasteiger partial charge in [-0.25, -0.2) is 23.8 Å². The van der Waals surface area contributed by atoms with Gasteiger partial charge in [0.15, 0.2) is 0 Å². The molecule has 5 N–H and O–H groups in total. The van der Waals surface area contributed by atoms with Gasteiger partial charge < -0.3 is 25.5 Å². The number of nitrogens with one attached hydrogen (secondary N) is 1. The van der Waals surface area contributed by atoms with E-state index >= 15 is 0 Å². The van der Waals surface area contributed by atoms with E-state index in [1.807, 2.05) is 0 Å². The number of carbonyl (C=O) groups excluding carboxylic acids is 1. The number of hydrogen-bond donors (Lipinski definition) is 4. The molecule has 4 aromatic rings. The second-order valence-electron chi connectivity index (χ2n) is 7.63. The molecule has 2 aromatic heterocycles. The normalized spacial score (nSPS) is 11.8. The molecule has 0 spiro atoms. The van der Waals surface area contributed by atoms with Crippen molar-refractivity contribution in [2.45, 2.75) is 13.0 Å². The largest absolute Gasteiger partial charge is 0.478 e. The average Bonchev–Trinajstić information content (AvgIpc) is 3.28. The van der Waals surface area contributed by atoms with Gasteiger partial charge in [0.2, 0.25) is 5.69 Å². The molecule has 35 heavy (non-hydrogen) atoms. The van der Waals surface area contributed by atoms with Gasteiger partial charge in [-0.1, -0.05) is 0 Å². The summed E-state index contributed by atoms with van der Waals surface area (Å²) in [5.74, 6) is -3.33. The van der Waals surface area contributed by atoms with E-state index in [4.69, 9.17) is 15.9 Å². The van der Waals surface area contributed by atoms with Crippen LogP contribution in [0, 0.1) is 5.82 Å². The number of benzene rings is 2. The highest BCUT2D eigenvalue weighted by Gasteiger charge is 2.23. The Morgan fingerprint density at radius 2 is 1.80 bits per heavy atom. The number of carboxylic acid groups (broad SMARTS) is 2. The van der Waals surface area contributed by atoms with Gasteiger partial charge >= 0.3 is 18.0 Å². The van der Waals surface area contributed by atoms with Gasteiger partial charge in [0.25, 0.3) is 5.56 Å². The average molecular weight is 479 g/mol. The number of nitrogens with zero attached hydrogens (tertiary/aromatic N) is 3. The molecular formula is C23H18FN5O6. The number of anilines is 1. The van der Waals surface area contributed by atoms with Gasteiger partial charge in [0, 0.05) is 24.1 Å². The van der Waals surface area contributed by atoms with E-state index in [-0.39, 0.29) is 22.3 Å². The molecule has 0 bridgehead atoms. The van der Waals surface area contributed by atoms with Gasteiger partial charge in [0.05, 0.1) is 28.3 Å². The van der Waals surface area contributed by atoms with Crippen molar-refractivity contribution in [3.8, 4) is 5.69 Å². The number of urea groups is 1. The number of amides is 2. The van der Waals surface area contributed by atoms with Crippen LogP contribution in [-0.4, -0.2) is 42.7 Å². The molecule has 0 radical (unpaired) electrons. The Kier molecular flexibility index (Phi) is 5.79. The van der Waals surface area contributed by atoms with Crippen LogP contribution in [0.1, 0.15) is 39.4 Å². The van der Waals surface area contributed by atoms with Crippen LogP contribution < -0.4 is 16.2 Å². The topological polar surface area (TPSA) is 172 Å². The smallest absolute Gasteiger partial charge is 0.360 e. The van der Waals surface area contributed by atoms with Crippen LogP contribution in [0.4, 0.5) is 14.9 Å².